The Balaban J connectivity index is 2.20. The first kappa shape index (κ1) is 29.6. The first-order valence-electron chi connectivity index (χ1n) is 12.2. The quantitative estimate of drug-likeness (QED) is 0.421. The van der Waals surface area contributed by atoms with Crippen molar-refractivity contribution in [1.29, 1.82) is 0 Å². The van der Waals surface area contributed by atoms with Crippen LogP contribution in [0.1, 0.15) is 56.7 Å². The van der Waals surface area contributed by atoms with E-state index in [4.69, 9.17) is 11.6 Å². The van der Waals surface area contributed by atoms with Gasteiger partial charge in [0.1, 0.15) is 6.04 Å². The van der Waals surface area contributed by atoms with Crippen molar-refractivity contribution in [3.05, 3.63) is 64.2 Å². The number of hydrogen-bond donors (Lipinski definition) is 1. The summed E-state index contributed by atoms with van der Waals surface area (Å²) in [7, 11) is -3.59. The number of nitrogens with zero attached hydrogens (tertiary/aromatic N) is 2. The van der Waals surface area contributed by atoms with Crippen LogP contribution in [0.25, 0.3) is 0 Å². The third-order valence-corrected chi connectivity index (χ3v) is 7.65. The number of anilines is 1. The van der Waals surface area contributed by atoms with Gasteiger partial charge in [-0.1, -0.05) is 54.4 Å². The molecule has 0 bridgehead atoms. The van der Waals surface area contributed by atoms with Crippen molar-refractivity contribution in [2.45, 2.75) is 72.5 Å². The summed E-state index contributed by atoms with van der Waals surface area (Å²) in [5, 5.41) is 3.39. The molecular formula is C27H38ClN3O4S. The monoisotopic (exact) mass is 535 g/mol. The number of carbonyl (C=O) groups is 2. The highest BCUT2D eigenvalue weighted by Crippen LogP contribution is 2.27. The summed E-state index contributed by atoms with van der Waals surface area (Å²) in [4.78, 5) is 27.8. The number of rotatable bonds is 12. The molecular weight excluding hydrogens is 498 g/mol. The van der Waals surface area contributed by atoms with Crippen LogP contribution in [0, 0.1) is 13.8 Å². The topological polar surface area (TPSA) is 86.8 Å². The van der Waals surface area contributed by atoms with Crippen LogP contribution in [0.3, 0.4) is 0 Å². The van der Waals surface area contributed by atoms with Crippen molar-refractivity contribution in [3.8, 4) is 0 Å². The molecule has 2 amide bonds. The van der Waals surface area contributed by atoms with Gasteiger partial charge in [0, 0.05) is 30.6 Å². The summed E-state index contributed by atoms with van der Waals surface area (Å²) in [5.41, 5.74) is 3.29. The van der Waals surface area contributed by atoms with E-state index in [-0.39, 0.29) is 37.4 Å². The van der Waals surface area contributed by atoms with Gasteiger partial charge in [-0.2, -0.15) is 0 Å². The van der Waals surface area contributed by atoms with E-state index in [1.165, 1.54) is 4.31 Å². The first-order valence-corrected chi connectivity index (χ1v) is 14.4. The molecule has 0 aliphatic carbocycles. The molecule has 7 nitrogen and oxygen atoms in total. The van der Waals surface area contributed by atoms with Gasteiger partial charge in [0.15, 0.2) is 0 Å². The van der Waals surface area contributed by atoms with Gasteiger partial charge in [-0.05, 0) is 63.8 Å². The highest BCUT2D eigenvalue weighted by atomic mass is 35.5. The number of halogens is 1. The zero-order chi connectivity index (χ0) is 27.0. The summed E-state index contributed by atoms with van der Waals surface area (Å²) in [6, 6.07) is 12.3. The number of carbonyl (C=O) groups excluding carboxylic acids is 2. The number of aryl methyl sites for hydroxylation is 2. The maximum Gasteiger partial charge on any atom is 0.242 e. The average molecular weight is 536 g/mol. The van der Waals surface area contributed by atoms with E-state index in [0.29, 0.717) is 17.1 Å². The summed E-state index contributed by atoms with van der Waals surface area (Å²) in [6.07, 6.45) is 2.31. The Hall–Kier alpha value is -2.58. The van der Waals surface area contributed by atoms with E-state index in [1.807, 2.05) is 52.0 Å². The second-order valence-corrected chi connectivity index (χ2v) is 11.7. The molecule has 0 saturated heterocycles. The Morgan fingerprint density at radius 2 is 1.69 bits per heavy atom. The van der Waals surface area contributed by atoms with Crippen molar-refractivity contribution in [3.63, 3.8) is 0 Å². The lowest BCUT2D eigenvalue weighted by Crippen LogP contribution is -2.49. The van der Waals surface area contributed by atoms with Crippen LogP contribution in [0.4, 0.5) is 5.69 Å². The van der Waals surface area contributed by atoms with E-state index in [9.17, 15) is 18.0 Å². The molecule has 2 atom stereocenters. The average Bonchev–Trinajstić information content (AvgIpc) is 2.81. The van der Waals surface area contributed by atoms with Gasteiger partial charge in [-0.15, -0.1) is 0 Å². The van der Waals surface area contributed by atoms with Crippen LogP contribution >= 0.6 is 11.6 Å². The Morgan fingerprint density at radius 1 is 1.06 bits per heavy atom. The van der Waals surface area contributed by atoms with Crippen molar-refractivity contribution in [2.75, 3.05) is 17.1 Å². The number of sulfonamides is 1. The maximum atomic E-state index is 13.4. The molecule has 0 radical (unpaired) electrons. The Labute approximate surface area is 220 Å². The van der Waals surface area contributed by atoms with Crippen molar-refractivity contribution >= 4 is 39.1 Å². The second-order valence-electron chi connectivity index (χ2n) is 9.37. The largest absolute Gasteiger partial charge is 0.352 e. The number of hydrogen-bond acceptors (Lipinski definition) is 4. The van der Waals surface area contributed by atoms with E-state index in [2.05, 4.69) is 5.32 Å². The van der Waals surface area contributed by atoms with Gasteiger partial charge in [0.25, 0.3) is 0 Å². The molecule has 0 aliphatic rings. The molecule has 2 aromatic rings. The zero-order valence-corrected chi connectivity index (χ0v) is 23.6. The highest BCUT2D eigenvalue weighted by Gasteiger charge is 2.27. The Bertz CT molecular complexity index is 1150. The minimum Gasteiger partial charge on any atom is -0.352 e. The SMILES string of the molecule is CCC(C)NC(=O)C(C)N(Cc1ccc(C)cc1)C(=O)CCCN(c1cc(Cl)ccc1C)S(C)(=O)=O. The lowest BCUT2D eigenvalue weighted by molar-refractivity contribution is -0.140. The predicted octanol–water partition coefficient (Wildman–Crippen LogP) is 4.84. The smallest absolute Gasteiger partial charge is 0.242 e. The molecule has 0 aromatic heterocycles. The number of amides is 2. The molecule has 0 spiro atoms. The number of nitrogens with one attached hydrogen (secondary N) is 1. The second kappa shape index (κ2) is 13.1. The van der Waals surface area contributed by atoms with E-state index in [1.54, 1.807) is 30.0 Å². The fraction of sp³-hybridized carbons (Fsp3) is 0.481. The zero-order valence-electron chi connectivity index (χ0n) is 22.0. The van der Waals surface area contributed by atoms with Crippen LogP contribution in [0.2, 0.25) is 5.02 Å². The van der Waals surface area contributed by atoms with Crippen LogP contribution in [-0.2, 0) is 26.2 Å². The lowest BCUT2D eigenvalue weighted by Gasteiger charge is -2.30. The molecule has 36 heavy (non-hydrogen) atoms. The lowest BCUT2D eigenvalue weighted by atomic mass is 10.1. The summed E-state index contributed by atoms with van der Waals surface area (Å²) < 4.78 is 26.4. The molecule has 0 heterocycles. The summed E-state index contributed by atoms with van der Waals surface area (Å²) >= 11 is 6.11. The van der Waals surface area contributed by atoms with E-state index < -0.39 is 16.1 Å². The molecule has 198 valence electrons. The van der Waals surface area contributed by atoms with Crippen molar-refractivity contribution < 1.29 is 18.0 Å². The molecule has 0 aliphatic heterocycles. The molecule has 0 saturated carbocycles. The minimum absolute atomic E-state index is 0.000493. The van der Waals surface area contributed by atoms with Crippen LogP contribution < -0.4 is 9.62 Å². The normalized spacial score (nSPS) is 13.1. The molecule has 2 unspecified atom stereocenters. The minimum atomic E-state index is -3.59. The van der Waals surface area contributed by atoms with Crippen molar-refractivity contribution in [2.24, 2.45) is 0 Å². The Kier molecular flexibility index (Phi) is 10.8. The van der Waals surface area contributed by atoms with Gasteiger partial charge in [0.2, 0.25) is 21.8 Å². The molecule has 2 aromatic carbocycles. The van der Waals surface area contributed by atoms with Gasteiger partial charge in [-0.3, -0.25) is 13.9 Å². The van der Waals surface area contributed by atoms with Crippen LogP contribution in [0.15, 0.2) is 42.5 Å². The molecule has 9 heteroatoms. The predicted molar refractivity (Wildman–Crippen MR) is 147 cm³/mol. The third kappa shape index (κ3) is 8.52. The third-order valence-electron chi connectivity index (χ3n) is 6.23. The molecule has 1 N–H and O–H groups in total. The number of benzene rings is 2. The highest BCUT2D eigenvalue weighted by molar-refractivity contribution is 7.92. The fourth-order valence-corrected chi connectivity index (χ4v) is 4.95. The van der Waals surface area contributed by atoms with Gasteiger partial charge in [-0.25, -0.2) is 8.42 Å². The fourth-order valence-electron chi connectivity index (χ4n) is 3.77. The van der Waals surface area contributed by atoms with Crippen LogP contribution in [-0.4, -0.2) is 50.0 Å². The van der Waals surface area contributed by atoms with Crippen molar-refractivity contribution in [1.82, 2.24) is 10.2 Å². The van der Waals surface area contributed by atoms with Gasteiger partial charge < -0.3 is 10.2 Å². The molecule has 2 rings (SSSR count). The maximum absolute atomic E-state index is 13.4. The molecule has 0 fully saturated rings. The summed E-state index contributed by atoms with van der Waals surface area (Å²) in [5.74, 6) is -0.421. The van der Waals surface area contributed by atoms with Crippen LogP contribution in [0.5, 0.6) is 0 Å². The standard InChI is InChI=1S/C27H38ClN3O4S/c1-7-21(4)29-27(33)22(5)30(18-23-13-10-19(2)11-14-23)26(32)9-8-16-31(36(6,34)35)25-17-24(28)15-12-20(25)3/h10-15,17,21-22H,7-9,16,18H2,1-6H3,(H,29,33). The summed E-state index contributed by atoms with van der Waals surface area (Å²) in [6.45, 7) is 9.85. The van der Waals surface area contributed by atoms with E-state index in [0.717, 1.165) is 29.4 Å². The van der Waals surface area contributed by atoms with Gasteiger partial charge in [0.05, 0.1) is 11.9 Å². The Morgan fingerprint density at radius 3 is 2.28 bits per heavy atom. The van der Waals surface area contributed by atoms with E-state index >= 15 is 0 Å². The van der Waals surface area contributed by atoms with Gasteiger partial charge >= 0.3 is 0 Å². The first-order chi connectivity index (χ1) is 16.8.